The fourth-order valence-corrected chi connectivity index (χ4v) is 3.05. The molecule has 0 unspecified atom stereocenters. The molecule has 2 heterocycles. The van der Waals surface area contributed by atoms with Crippen molar-refractivity contribution in [2.45, 2.75) is 32.8 Å². The quantitative estimate of drug-likeness (QED) is 0.478. The highest BCUT2D eigenvalue weighted by molar-refractivity contribution is 6.04. The number of carbonyl (C=O) groups excluding carboxylic acids is 1. The van der Waals surface area contributed by atoms with Crippen LogP contribution >= 0.6 is 0 Å². The average Bonchev–Trinajstić information content (AvgIpc) is 3.23. The lowest BCUT2D eigenvalue weighted by Gasteiger charge is -2.13. The van der Waals surface area contributed by atoms with E-state index in [-0.39, 0.29) is 11.3 Å². The van der Waals surface area contributed by atoms with Crippen LogP contribution in [0, 0.1) is 0 Å². The van der Waals surface area contributed by atoms with Crippen LogP contribution in [0.2, 0.25) is 0 Å². The van der Waals surface area contributed by atoms with Crippen molar-refractivity contribution in [1.29, 1.82) is 0 Å². The van der Waals surface area contributed by atoms with E-state index in [1.807, 2.05) is 42.5 Å². The first-order valence-electron chi connectivity index (χ1n) is 10.4. The highest BCUT2D eigenvalue weighted by Gasteiger charge is 2.22. The monoisotopic (exact) mass is 427 g/mol. The van der Waals surface area contributed by atoms with Crippen molar-refractivity contribution in [2.24, 2.45) is 0 Å². The lowest BCUT2D eigenvalue weighted by atomic mass is 9.92. The molecule has 4 rings (SSSR count). The molecule has 4 aromatic rings. The Kier molecular flexibility index (Phi) is 5.98. The molecule has 0 saturated heterocycles. The van der Waals surface area contributed by atoms with E-state index in [1.54, 1.807) is 41.3 Å². The molecule has 7 nitrogen and oxygen atoms in total. The van der Waals surface area contributed by atoms with Gasteiger partial charge in [0.05, 0.1) is 5.69 Å². The maximum atomic E-state index is 13.0. The first-order valence-corrected chi connectivity index (χ1v) is 10.4. The van der Waals surface area contributed by atoms with Gasteiger partial charge in [-0.2, -0.15) is 9.78 Å². The Hall–Kier alpha value is -4.00. The second-order valence-corrected chi connectivity index (χ2v) is 8.38. The second-order valence-electron chi connectivity index (χ2n) is 8.38. The lowest BCUT2D eigenvalue weighted by Crippen LogP contribution is -2.16. The number of nitrogens with zero attached hydrogens (tertiary/aromatic N) is 4. The molecule has 1 N–H and O–H groups in total. The number of nitrogens with one attached hydrogen (secondary N) is 1. The molecule has 32 heavy (non-hydrogen) atoms. The number of anilines is 1. The van der Waals surface area contributed by atoms with Gasteiger partial charge in [0.2, 0.25) is 0 Å². The van der Waals surface area contributed by atoms with Crippen molar-refractivity contribution < 1.29 is 9.53 Å². The van der Waals surface area contributed by atoms with Crippen LogP contribution in [0.3, 0.4) is 0 Å². The summed E-state index contributed by atoms with van der Waals surface area (Å²) in [5.74, 6) is 1.24. The molecule has 2 aromatic heterocycles. The predicted octanol–water partition coefficient (Wildman–Crippen LogP) is 4.79. The Morgan fingerprint density at radius 3 is 2.44 bits per heavy atom. The summed E-state index contributed by atoms with van der Waals surface area (Å²) in [6.07, 6.45) is 3.28. The van der Waals surface area contributed by atoms with Crippen LogP contribution in [0.5, 0.6) is 5.75 Å². The molecule has 0 radical (unpaired) electrons. The van der Waals surface area contributed by atoms with Gasteiger partial charge in [0, 0.05) is 29.4 Å². The molecule has 0 saturated carbocycles. The van der Waals surface area contributed by atoms with Gasteiger partial charge in [0.25, 0.3) is 11.9 Å². The van der Waals surface area contributed by atoms with Gasteiger partial charge in [-0.25, -0.2) is 9.97 Å². The van der Waals surface area contributed by atoms with Crippen molar-refractivity contribution in [3.05, 3.63) is 95.9 Å². The van der Waals surface area contributed by atoms with E-state index in [0.717, 1.165) is 11.3 Å². The van der Waals surface area contributed by atoms with Gasteiger partial charge in [0.15, 0.2) is 0 Å². The number of carbonyl (C=O) groups is 1. The third kappa shape index (κ3) is 5.00. The zero-order chi connectivity index (χ0) is 22.6. The van der Waals surface area contributed by atoms with Gasteiger partial charge in [-0.1, -0.05) is 57.2 Å². The van der Waals surface area contributed by atoms with E-state index >= 15 is 0 Å². The largest absolute Gasteiger partial charge is 0.489 e. The van der Waals surface area contributed by atoms with Crippen LogP contribution in [-0.2, 0) is 12.0 Å². The molecule has 0 fully saturated rings. The lowest BCUT2D eigenvalue weighted by molar-refractivity contribution is 0.102. The minimum atomic E-state index is -0.271. The zero-order valence-electron chi connectivity index (χ0n) is 18.3. The van der Waals surface area contributed by atoms with Crippen molar-refractivity contribution in [2.75, 3.05) is 5.32 Å². The fraction of sp³-hybridized carbons (Fsp3) is 0.200. The van der Waals surface area contributed by atoms with E-state index in [1.165, 1.54) is 0 Å². The molecule has 162 valence electrons. The third-order valence-corrected chi connectivity index (χ3v) is 4.81. The molecule has 0 aliphatic heterocycles. The Balaban J connectivity index is 1.55. The summed E-state index contributed by atoms with van der Waals surface area (Å²) in [6.45, 7) is 6.61. The Morgan fingerprint density at radius 1 is 0.969 bits per heavy atom. The van der Waals surface area contributed by atoms with E-state index < -0.39 is 0 Å². The first kappa shape index (κ1) is 21.2. The highest BCUT2D eigenvalue weighted by Crippen LogP contribution is 2.26. The topological polar surface area (TPSA) is 81.9 Å². The second kappa shape index (κ2) is 9.01. The summed E-state index contributed by atoms with van der Waals surface area (Å²) in [7, 11) is 0. The van der Waals surface area contributed by atoms with E-state index in [2.05, 4.69) is 41.2 Å². The van der Waals surface area contributed by atoms with E-state index in [4.69, 9.17) is 4.74 Å². The summed E-state index contributed by atoms with van der Waals surface area (Å²) in [5, 5.41) is 7.58. The fourth-order valence-electron chi connectivity index (χ4n) is 3.05. The van der Waals surface area contributed by atoms with Crippen LogP contribution in [0.1, 0.15) is 42.4 Å². The first-order chi connectivity index (χ1) is 15.4. The normalized spacial score (nSPS) is 11.2. The van der Waals surface area contributed by atoms with Crippen molar-refractivity contribution in [1.82, 2.24) is 19.7 Å². The van der Waals surface area contributed by atoms with Gasteiger partial charge in [0.1, 0.15) is 18.2 Å². The number of aromatic nitrogens is 4. The summed E-state index contributed by atoms with van der Waals surface area (Å²) >= 11 is 0. The molecule has 0 spiro atoms. The zero-order valence-corrected chi connectivity index (χ0v) is 18.3. The van der Waals surface area contributed by atoms with Crippen LogP contribution in [0.25, 0.3) is 5.95 Å². The van der Waals surface area contributed by atoms with Gasteiger partial charge >= 0.3 is 0 Å². The number of ether oxygens (including phenoxy) is 1. The smallest absolute Gasteiger partial charge is 0.256 e. The van der Waals surface area contributed by atoms with Crippen molar-refractivity contribution in [3.8, 4) is 11.7 Å². The van der Waals surface area contributed by atoms with Gasteiger partial charge < -0.3 is 10.1 Å². The van der Waals surface area contributed by atoms with Crippen LogP contribution in [0.15, 0.2) is 79.1 Å². The van der Waals surface area contributed by atoms with Gasteiger partial charge in [-0.05, 0) is 29.8 Å². The number of hydrogen-bond donors (Lipinski definition) is 1. The molecule has 0 aliphatic carbocycles. The Morgan fingerprint density at radius 2 is 1.72 bits per heavy atom. The highest BCUT2D eigenvalue weighted by atomic mass is 16.5. The maximum Gasteiger partial charge on any atom is 0.256 e. The number of rotatable bonds is 6. The third-order valence-electron chi connectivity index (χ3n) is 4.81. The van der Waals surface area contributed by atoms with Crippen molar-refractivity contribution in [3.63, 3.8) is 0 Å². The van der Waals surface area contributed by atoms with E-state index in [9.17, 15) is 4.79 Å². The molecular weight excluding hydrogens is 402 g/mol. The summed E-state index contributed by atoms with van der Waals surface area (Å²) in [6, 6.07) is 20.6. The SMILES string of the molecule is CC(C)(C)c1cc(NC(=O)c2cccc(OCc3ccccc3)c2)n(-c2ncccn2)n1. The van der Waals surface area contributed by atoms with Crippen LogP contribution in [0.4, 0.5) is 5.82 Å². The van der Waals surface area contributed by atoms with Gasteiger partial charge in [-0.3, -0.25) is 4.79 Å². The van der Waals surface area contributed by atoms with Crippen molar-refractivity contribution >= 4 is 11.7 Å². The molecule has 2 aromatic carbocycles. The Bertz CT molecular complexity index is 1200. The molecule has 7 heteroatoms. The Labute approximate surface area is 187 Å². The molecule has 0 bridgehead atoms. The molecule has 0 atom stereocenters. The number of amides is 1. The molecule has 0 aliphatic rings. The predicted molar refractivity (Wildman–Crippen MR) is 123 cm³/mol. The summed E-state index contributed by atoms with van der Waals surface area (Å²) < 4.78 is 7.41. The van der Waals surface area contributed by atoms with Crippen LogP contribution in [-0.4, -0.2) is 25.7 Å². The van der Waals surface area contributed by atoms with E-state index in [0.29, 0.717) is 29.7 Å². The number of hydrogen-bond acceptors (Lipinski definition) is 5. The summed E-state index contributed by atoms with van der Waals surface area (Å²) in [5.41, 5.74) is 2.16. The standard InChI is InChI=1S/C25H25N5O2/c1-25(2,3)21-16-22(30(29-21)24-26-13-8-14-27-24)28-23(31)19-11-7-12-20(15-19)32-17-18-9-5-4-6-10-18/h4-16H,17H2,1-3H3,(H,28,31). The van der Waals surface area contributed by atoms with Crippen LogP contribution < -0.4 is 10.1 Å². The number of benzene rings is 2. The molecule has 1 amide bonds. The molecular formula is C25H25N5O2. The minimum absolute atomic E-state index is 0.204. The average molecular weight is 428 g/mol. The van der Waals surface area contributed by atoms with Gasteiger partial charge in [-0.15, -0.1) is 0 Å². The minimum Gasteiger partial charge on any atom is -0.489 e. The maximum absolute atomic E-state index is 13.0. The summed E-state index contributed by atoms with van der Waals surface area (Å²) in [4.78, 5) is 21.6.